The fourth-order valence-corrected chi connectivity index (χ4v) is 2.67. The zero-order chi connectivity index (χ0) is 16.9. The van der Waals surface area contributed by atoms with Crippen molar-refractivity contribution in [2.45, 2.75) is 26.0 Å². The lowest BCUT2D eigenvalue weighted by Gasteiger charge is -2.18. The molecule has 0 aliphatic rings. The van der Waals surface area contributed by atoms with Gasteiger partial charge in [-0.05, 0) is 43.2 Å². The molecule has 0 bridgehead atoms. The second kappa shape index (κ2) is 7.43. The van der Waals surface area contributed by atoms with Crippen molar-refractivity contribution in [2.75, 3.05) is 6.54 Å². The molecule has 4 nitrogen and oxygen atoms in total. The minimum Gasteiger partial charge on any atom is -0.387 e. The van der Waals surface area contributed by atoms with Gasteiger partial charge >= 0.3 is 0 Å². The summed E-state index contributed by atoms with van der Waals surface area (Å²) in [5, 5.41) is 18.0. The number of aliphatic hydroxyl groups is 1. The van der Waals surface area contributed by atoms with E-state index in [0.29, 0.717) is 6.54 Å². The van der Waals surface area contributed by atoms with Gasteiger partial charge in [-0.25, -0.2) is 4.68 Å². The Morgan fingerprint density at radius 1 is 1.08 bits per heavy atom. The molecule has 0 aliphatic carbocycles. The van der Waals surface area contributed by atoms with E-state index in [4.69, 9.17) is 0 Å². The molecule has 3 aromatic rings. The summed E-state index contributed by atoms with van der Waals surface area (Å²) in [6, 6.07) is 18.3. The third-order valence-corrected chi connectivity index (χ3v) is 4.22. The van der Waals surface area contributed by atoms with Crippen molar-refractivity contribution in [3.63, 3.8) is 0 Å². The Balaban J connectivity index is 1.63. The quantitative estimate of drug-likeness (QED) is 0.730. The summed E-state index contributed by atoms with van der Waals surface area (Å²) in [6.07, 6.45) is 3.19. The summed E-state index contributed by atoms with van der Waals surface area (Å²) >= 11 is 0. The first kappa shape index (κ1) is 16.4. The Labute approximate surface area is 142 Å². The third kappa shape index (κ3) is 3.91. The zero-order valence-electron chi connectivity index (χ0n) is 14.1. The van der Waals surface area contributed by atoms with Crippen LogP contribution in [0.2, 0.25) is 0 Å². The molecule has 2 unspecified atom stereocenters. The molecule has 1 heterocycles. The van der Waals surface area contributed by atoms with Crippen LogP contribution in [0.3, 0.4) is 0 Å². The minimum absolute atomic E-state index is 0.139. The molecule has 4 heteroatoms. The fraction of sp³-hybridized carbons (Fsp3) is 0.250. The lowest BCUT2D eigenvalue weighted by atomic mass is 10.1. The number of nitrogens with one attached hydrogen (secondary N) is 1. The number of rotatable bonds is 6. The van der Waals surface area contributed by atoms with Crippen molar-refractivity contribution >= 4 is 0 Å². The number of benzene rings is 2. The smallest absolute Gasteiger partial charge is 0.0914 e. The van der Waals surface area contributed by atoms with Crippen LogP contribution in [0.1, 0.15) is 35.8 Å². The van der Waals surface area contributed by atoms with Gasteiger partial charge in [-0.2, -0.15) is 5.10 Å². The van der Waals surface area contributed by atoms with Crippen LogP contribution in [0.5, 0.6) is 0 Å². The highest BCUT2D eigenvalue weighted by Gasteiger charge is 2.11. The number of hydrogen-bond acceptors (Lipinski definition) is 3. The summed E-state index contributed by atoms with van der Waals surface area (Å²) < 4.78 is 1.84. The molecule has 2 atom stereocenters. The van der Waals surface area contributed by atoms with Crippen LogP contribution >= 0.6 is 0 Å². The summed E-state index contributed by atoms with van der Waals surface area (Å²) in [7, 11) is 0. The molecule has 24 heavy (non-hydrogen) atoms. The van der Waals surface area contributed by atoms with Gasteiger partial charge in [0.25, 0.3) is 0 Å². The van der Waals surface area contributed by atoms with E-state index in [1.807, 2.05) is 60.3 Å². The van der Waals surface area contributed by atoms with Gasteiger partial charge in [0, 0.05) is 25.0 Å². The van der Waals surface area contributed by atoms with Crippen molar-refractivity contribution < 1.29 is 5.11 Å². The molecule has 3 rings (SSSR count). The molecule has 0 radical (unpaired) electrons. The third-order valence-electron chi connectivity index (χ3n) is 4.22. The lowest BCUT2D eigenvalue weighted by Crippen LogP contribution is -2.24. The molecule has 124 valence electrons. The molecular weight excluding hydrogens is 298 g/mol. The first-order chi connectivity index (χ1) is 11.6. The Morgan fingerprint density at radius 3 is 2.58 bits per heavy atom. The van der Waals surface area contributed by atoms with Gasteiger partial charge in [-0.3, -0.25) is 0 Å². The highest BCUT2D eigenvalue weighted by atomic mass is 16.3. The summed E-state index contributed by atoms with van der Waals surface area (Å²) in [5.41, 5.74) is 4.33. The maximum absolute atomic E-state index is 10.3. The van der Waals surface area contributed by atoms with E-state index in [-0.39, 0.29) is 6.04 Å². The predicted octanol–water partition coefficient (Wildman–Crippen LogP) is 3.56. The van der Waals surface area contributed by atoms with E-state index in [9.17, 15) is 5.11 Å². The van der Waals surface area contributed by atoms with Crippen molar-refractivity contribution in [1.82, 2.24) is 15.1 Å². The van der Waals surface area contributed by atoms with Crippen LogP contribution in [0.25, 0.3) is 5.69 Å². The molecule has 0 saturated carbocycles. The Bertz CT molecular complexity index is 766. The second-order valence-electron chi connectivity index (χ2n) is 6.10. The minimum atomic E-state index is -0.512. The highest BCUT2D eigenvalue weighted by Crippen LogP contribution is 2.18. The van der Waals surface area contributed by atoms with Crippen molar-refractivity contribution in [1.29, 1.82) is 0 Å². The maximum Gasteiger partial charge on any atom is 0.0914 e. The topological polar surface area (TPSA) is 50.1 Å². The first-order valence-corrected chi connectivity index (χ1v) is 8.21. The van der Waals surface area contributed by atoms with Gasteiger partial charge in [-0.15, -0.1) is 0 Å². The molecule has 2 N–H and O–H groups in total. The maximum atomic E-state index is 10.3. The van der Waals surface area contributed by atoms with Gasteiger partial charge in [-0.1, -0.05) is 42.0 Å². The Hall–Kier alpha value is -2.43. The van der Waals surface area contributed by atoms with Crippen molar-refractivity contribution in [3.05, 3.63) is 83.7 Å². The largest absolute Gasteiger partial charge is 0.387 e. The van der Waals surface area contributed by atoms with Gasteiger partial charge in [0.1, 0.15) is 0 Å². The SMILES string of the molecule is Cc1ccc(C(O)CNC(C)c2cccc(-n3cccn3)c2)cc1. The highest BCUT2D eigenvalue weighted by molar-refractivity contribution is 5.36. The molecule has 0 fully saturated rings. The van der Waals surface area contributed by atoms with Crippen LogP contribution in [0, 0.1) is 6.92 Å². The van der Waals surface area contributed by atoms with E-state index >= 15 is 0 Å². The first-order valence-electron chi connectivity index (χ1n) is 8.21. The molecule has 0 spiro atoms. The van der Waals surface area contributed by atoms with Crippen LogP contribution in [0.15, 0.2) is 67.0 Å². The predicted molar refractivity (Wildman–Crippen MR) is 96.1 cm³/mol. The number of hydrogen-bond donors (Lipinski definition) is 2. The van der Waals surface area contributed by atoms with Gasteiger partial charge in [0.2, 0.25) is 0 Å². The number of nitrogens with zero attached hydrogens (tertiary/aromatic N) is 2. The molecular formula is C20H23N3O. The molecule has 0 amide bonds. The monoisotopic (exact) mass is 321 g/mol. The van der Waals surface area contributed by atoms with E-state index in [2.05, 4.69) is 29.5 Å². The molecule has 0 aliphatic heterocycles. The molecule has 1 aromatic heterocycles. The Kier molecular flexibility index (Phi) is 5.08. The van der Waals surface area contributed by atoms with Gasteiger partial charge in [0.05, 0.1) is 11.8 Å². The van der Waals surface area contributed by atoms with E-state index in [1.54, 1.807) is 6.20 Å². The summed E-state index contributed by atoms with van der Waals surface area (Å²) in [5.74, 6) is 0. The zero-order valence-corrected chi connectivity index (χ0v) is 14.1. The molecule has 0 saturated heterocycles. The van der Waals surface area contributed by atoms with Crippen LogP contribution in [0.4, 0.5) is 0 Å². The van der Waals surface area contributed by atoms with Crippen LogP contribution in [-0.2, 0) is 0 Å². The van der Waals surface area contributed by atoms with Crippen molar-refractivity contribution in [2.24, 2.45) is 0 Å². The van der Waals surface area contributed by atoms with Gasteiger partial charge in [0.15, 0.2) is 0 Å². The summed E-state index contributed by atoms with van der Waals surface area (Å²) in [6.45, 7) is 4.66. The second-order valence-corrected chi connectivity index (χ2v) is 6.10. The molecule has 2 aromatic carbocycles. The number of aliphatic hydroxyl groups excluding tert-OH is 1. The van der Waals surface area contributed by atoms with E-state index in [0.717, 1.165) is 11.3 Å². The Morgan fingerprint density at radius 2 is 1.88 bits per heavy atom. The average Bonchev–Trinajstić information content (AvgIpc) is 3.15. The average molecular weight is 321 g/mol. The normalized spacial score (nSPS) is 13.6. The van der Waals surface area contributed by atoms with Gasteiger partial charge < -0.3 is 10.4 Å². The lowest BCUT2D eigenvalue weighted by molar-refractivity contribution is 0.171. The van der Waals surface area contributed by atoms with Crippen molar-refractivity contribution in [3.8, 4) is 5.69 Å². The van der Waals surface area contributed by atoms with Crippen LogP contribution in [-0.4, -0.2) is 21.4 Å². The number of aryl methyl sites for hydroxylation is 1. The fourth-order valence-electron chi connectivity index (χ4n) is 2.67. The standard InChI is InChI=1S/C20H23N3O/c1-15-7-9-17(10-8-15)20(24)14-21-16(2)18-5-3-6-19(13-18)23-12-4-11-22-23/h3-13,16,20-21,24H,14H2,1-2H3. The van der Waals surface area contributed by atoms with Crippen LogP contribution < -0.4 is 5.32 Å². The van der Waals surface area contributed by atoms with E-state index < -0.39 is 6.10 Å². The van der Waals surface area contributed by atoms with E-state index in [1.165, 1.54) is 11.1 Å². The summed E-state index contributed by atoms with van der Waals surface area (Å²) in [4.78, 5) is 0. The number of aromatic nitrogens is 2.